The lowest BCUT2D eigenvalue weighted by atomic mass is 9.86. The summed E-state index contributed by atoms with van der Waals surface area (Å²) in [5.74, 6) is 0.443. The number of aryl methyl sites for hydroxylation is 1. The highest BCUT2D eigenvalue weighted by molar-refractivity contribution is 7.21. The number of aromatic nitrogens is 1. The maximum Gasteiger partial charge on any atom is 0.263 e. The van der Waals surface area contributed by atoms with Gasteiger partial charge < -0.3 is 15.8 Å². The van der Waals surface area contributed by atoms with Crippen LogP contribution in [0.2, 0.25) is 0 Å². The fourth-order valence-corrected chi connectivity index (χ4v) is 4.63. The number of pyridine rings is 1. The van der Waals surface area contributed by atoms with Gasteiger partial charge in [0.05, 0.1) is 12.3 Å². The number of nitrogens with zero attached hydrogens (tertiary/aromatic N) is 1. The van der Waals surface area contributed by atoms with Crippen molar-refractivity contribution in [2.75, 3.05) is 12.8 Å². The van der Waals surface area contributed by atoms with Crippen LogP contribution in [-0.4, -0.2) is 24.0 Å². The number of hydrogen-bond donors (Lipinski definition) is 2. The highest BCUT2D eigenvalue weighted by Gasteiger charge is 2.26. The summed E-state index contributed by atoms with van der Waals surface area (Å²) in [6.45, 7) is 4.61. The number of rotatable bonds is 4. The van der Waals surface area contributed by atoms with Gasteiger partial charge in [0, 0.05) is 24.2 Å². The predicted octanol–water partition coefficient (Wildman–Crippen LogP) is 3.64. The van der Waals surface area contributed by atoms with Gasteiger partial charge in [0.25, 0.3) is 5.91 Å². The minimum Gasteiger partial charge on any atom is -0.397 e. The van der Waals surface area contributed by atoms with Gasteiger partial charge in [-0.3, -0.25) is 4.79 Å². The Hall–Kier alpha value is -1.66. The van der Waals surface area contributed by atoms with Crippen LogP contribution in [0.5, 0.6) is 0 Å². The predicted molar refractivity (Wildman–Crippen MR) is 98.4 cm³/mol. The zero-order valence-corrected chi connectivity index (χ0v) is 15.3. The second-order valence-electron chi connectivity index (χ2n) is 6.72. The van der Waals surface area contributed by atoms with Gasteiger partial charge in [0.15, 0.2) is 0 Å². The van der Waals surface area contributed by atoms with Gasteiger partial charge in [-0.2, -0.15) is 0 Å². The Morgan fingerprint density at radius 2 is 2.21 bits per heavy atom. The van der Waals surface area contributed by atoms with Gasteiger partial charge in [-0.15, -0.1) is 11.3 Å². The van der Waals surface area contributed by atoms with E-state index < -0.39 is 0 Å². The van der Waals surface area contributed by atoms with Gasteiger partial charge in [0.1, 0.15) is 9.71 Å². The summed E-state index contributed by atoms with van der Waals surface area (Å²) in [7, 11) is 1.65. The number of ether oxygens (including phenoxy) is 1. The van der Waals surface area contributed by atoms with Crippen molar-refractivity contribution >= 4 is 33.1 Å². The van der Waals surface area contributed by atoms with E-state index in [0.29, 0.717) is 23.1 Å². The molecule has 24 heavy (non-hydrogen) atoms. The summed E-state index contributed by atoms with van der Waals surface area (Å²) < 4.78 is 5.27. The van der Waals surface area contributed by atoms with E-state index in [0.717, 1.165) is 27.9 Å². The molecule has 2 heterocycles. The van der Waals surface area contributed by atoms with Crippen LogP contribution in [-0.2, 0) is 11.3 Å². The molecule has 1 amide bonds. The number of anilines is 1. The largest absolute Gasteiger partial charge is 0.397 e. The summed E-state index contributed by atoms with van der Waals surface area (Å²) in [5.41, 5.74) is 8.73. The van der Waals surface area contributed by atoms with Crippen LogP contribution in [0, 0.1) is 12.8 Å². The number of carbonyl (C=O) groups excluding carboxylic acids is 1. The van der Waals surface area contributed by atoms with Crippen LogP contribution in [0.15, 0.2) is 6.07 Å². The molecule has 130 valence electrons. The van der Waals surface area contributed by atoms with E-state index in [1.807, 2.05) is 13.0 Å². The molecule has 0 aliphatic heterocycles. The van der Waals surface area contributed by atoms with E-state index in [4.69, 9.17) is 10.5 Å². The molecule has 0 spiro atoms. The van der Waals surface area contributed by atoms with Crippen LogP contribution in [0.3, 0.4) is 0 Å². The number of hydrogen-bond acceptors (Lipinski definition) is 5. The Morgan fingerprint density at radius 1 is 1.46 bits per heavy atom. The van der Waals surface area contributed by atoms with E-state index in [1.54, 1.807) is 7.11 Å². The number of nitrogen functional groups attached to an aromatic ring is 1. The molecule has 1 fully saturated rings. The average Bonchev–Trinajstić information content (AvgIpc) is 2.86. The molecule has 5 nitrogen and oxygen atoms in total. The molecule has 1 saturated carbocycles. The summed E-state index contributed by atoms with van der Waals surface area (Å²) in [5, 5.41) is 4.04. The van der Waals surface area contributed by atoms with Gasteiger partial charge in [-0.1, -0.05) is 19.8 Å². The van der Waals surface area contributed by atoms with E-state index in [9.17, 15) is 4.79 Å². The Kier molecular flexibility index (Phi) is 5.06. The fraction of sp³-hybridized carbons (Fsp3) is 0.556. The number of nitrogens with one attached hydrogen (secondary N) is 1. The van der Waals surface area contributed by atoms with E-state index in [-0.39, 0.29) is 11.9 Å². The molecule has 0 unspecified atom stereocenters. The molecule has 2 aromatic heterocycles. The maximum absolute atomic E-state index is 12.8. The van der Waals surface area contributed by atoms with Crippen LogP contribution in [0.25, 0.3) is 10.2 Å². The molecule has 1 aliphatic rings. The smallest absolute Gasteiger partial charge is 0.263 e. The van der Waals surface area contributed by atoms with Crippen molar-refractivity contribution in [1.82, 2.24) is 10.3 Å². The van der Waals surface area contributed by atoms with Gasteiger partial charge in [-0.05, 0) is 37.3 Å². The third kappa shape index (κ3) is 3.26. The number of methoxy groups -OCH3 is 1. The summed E-state index contributed by atoms with van der Waals surface area (Å²) in [6.07, 6.45) is 4.65. The summed E-state index contributed by atoms with van der Waals surface area (Å²) in [6, 6.07) is 2.21. The molecular formula is C18H25N3O2S. The first kappa shape index (κ1) is 17.2. The number of carbonyl (C=O) groups is 1. The van der Waals surface area contributed by atoms with Crippen LogP contribution < -0.4 is 11.1 Å². The van der Waals surface area contributed by atoms with Crippen LogP contribution in [0.1, 0.15) is 53.5 Å². The minimum absolute atomic E-state index is 0.0738. The number of amides is 1. The molecule has 0 saturated heterocycles. The van der Waals surface area contributed by atoms with E-state index >= 15 is 0 Å². The summed E-state index contributed by atoms with van der Waals surface area (Å²) in [4.78, 5) is 18.7. The van der Waals surface area contributed by atoms with Gasteiger partial charge in [0.2, 0.25) is 0 Å². The van der Waals surface area contributed by atoms with E-state index in [2.05, 4.69) is 17.2 Å². The molecule has 0 bridgehead atoms. The first-order valence-corrected chi connectivity index (χ1v) is 9.31. The molecule has 2 atom stereocenters. The monoisotopic (exact) mass is 347 g/mol. The number of fused-ring (bicyclic) bond motifs is 1. The molecule has 6 heteroatoms. The zero-order chi connectivity index (χ0) is 17.3. The maximum atomic E-state index is 12.8. The molecule has 2 aromatic rings. The first-order valence-electron chi connectivity index (χ1n) is 8.49. The molecular weight excluding hydrogens is 322 g/mol. The van der Waals surface area contributed by atoms with E-state index in [1.165, 1.54) is 30.6 Å². The SMILES string of the molecule is COCc1cc(C)nc2sc(C(=O)N[C@H]3CCCC[C@H]3C)c(N)c12. The third-order valence-electron chi connectivity index (χ3n) is 4.84. The van der Waals surface area contributed by atoms with Crippen molar-refractivity contribution in [3.05, 3.63) is 22.2 Å². The molecule has 3 rings (SSSR count). The van der Waals surface area contributed by atoms with Gasteiger partial charge in [-0.25, -0.2) is 4.98 Å². The standard InChI is InChI=1S/C18H25N3O2S/c1-10-6-4-5-7-13(10)21-17(22)16-15(19)14-12(9-23-3)8-11(2)20-18(14)24-16/h8,10,13H,4-7,9,19H2,1-3H3,(H,21,22)/t10-,13+/m1/s1. The number of nitrogens with two attached hydrogens (primary N) is 1. The lowest BCUT2D eigenvalue weighted by molar-refractivity contribution is 0.0915. The molecule has 0 aromatic carbocycles. The molecule has 0 radical (unpaired) electrons. The van der Waals surface area contributed by atoms with Gasteiger partial charge >= 0.3 is 0 Å². The average molecular weight is 347 g/mol. The Balaban J connectivity index is 1.93. The van der Waals surface area contributed by atoms with Crippen LogP contribution in [0.4, 0.5) is 5.69 Å². The Bertz CT molecular complexity index is 756. The highest BCUT2D eigenvalue weighted by Crippen LogP contribution is 2.36. The minimum atomic E-state index is -0.0738. The second-order valence-corrected chi connectivity index (χ2v) is 7.72. The molecule has 1 aliphatic carbocycles. The Labute approximate surface area is 146 Å². The highest BCUT2D eigenvalue weighted by atomic mass is 32.1. The topological polar surface area (TPSA) is 77.2 Å². The molecule has 3 N–H and O–H groups in total. The fourth-order valence-electron chi connectivity index (χ4n) is 3.54. The quantitative estimate of drug-likeness (QED) is 0.885. The number of thiophene rings is 1. The van der Waals surface area contributed by atoms with Crippen molar-refractivity contribution in [2.45, 2.75) is 52.2 Å². The normalized spacial score (nSPS) is 21.1. The lowest BCUT2D eigenvalue weighted by Gasteiger charge is -2.29. The van der Waals surface area contributed by atoms with Crippen molar-refractivity contribution in [3.63, 3.8) is 0 Å². The van der Waals surface area contributed by atoms with Crippen molar-refractivity contribution in [1.29, 1.82) is 0 Å². The van der Waals surface area contributed by atoms with Crippen molar-refractivity contribution in [2.24, 2.45) is 5.92 Å². The van der Waals surface area contributed by atoms with Crippen molar-refractivity contribution < 1.29 is 9.53 Å². The Morgan fingerprint density at radius 3 is 2.92 bits per heavy atom. The first-order chi connectivity index (χ1) is 11.5. The van der Waals surface area contributed by atoms with Crippen LogP contribution >= 0.6 is 11.3 Å². The third-order valence-corrected chi connectivity index (χ3v) is 5.94. The lowest BCUT2D eigenvalue weighted by Crippen LogP contribution is -2.40. The van der Waals surface area contributed by atoms with Crippen molar-refractivity contribution in [3.8, 4) is 0 Å². The second kappa shape index (κ2) is 7.07. The zero-order valence-electron chi connectivity index (χ0n) is 14.5. The summed E-state index contributed by atoms with van der Waals surface area (Å²) >= 11 is 1.37.